The van der Waals surface area contributed by atoms with Crippen LogP contribution in [-0.2, 0) is 16.1 Å². The zero-order valence-corrected chi connectivity index (χ0v) is 13.4. The zero-order chi connectivity index (χ0) is 16.8. The lowest BCUT2D eigenvalue weighted by Gasteiger charge is -2.14. The Morgan fingerprint density at radius 3 is 2.78 bits per heavy atom. The van der Waals surface area contributed by atoms with Crippen molar-refractivity contribution < 1.29 is 23.5 Å². The van der Waals surface area contributed by atoms with Crippen LogP contribution >= 0.6 is 11.6 Å². The molecule has 0 bridgehead atoms. The average Bonchev–Trinajstić information content (AvgIpc) is 3.07. The summed E-state index contributed by atoms with van der Waals surface area (Å²) < 4.78 is 15.3. The van der Waals surface area contributed by atoms with Gasteiger partial charge in [-0.3, -0.25) is 4.79 Å². The van der Waals surface area contributed by atoms with Crippen molar-refractivity contribution in [3.63, 3.8) is 0 Å². The largest absolute Gasteiger partial charge is 0.496 e. The number of hydrogen-bond donors (Lipinski definition) is 1. The molecule has 0 aliphatic heterocycles. The molecular weight excluding hydrogens is 322 g/mol. The summed E-state index contributed by atoms with van der Waals surface area (Å²) in [6.07, 6.45) is 1.38. The van der Waals surface area contributed by atoms with E-state index in [2.05, 4.69) is 5.32 Å². The van der Waals surface area contributed by atoms with Crippen molar-refractivity contribution in [1.29, 1.82) is 0 Å². The van der Waals surface area contributed by atoms with E-state index in [0.717, 1.165) is 0 Å². The van der Waals surface area contributed by atoms with Gasteiger partial charge in [0.15, 0.2) is 5.76 Å². The number of halogens is 1. The maximum atomic E-state index is 12.0. The van der Waals surface area contributed by atoms with Crippen LogP contribution in [0.25, 0.3) is 0 Å². The van der Waals surface area contributed by atoms with Gasteiger partial charge in [-0.1, -0.05) is 11.6 Å². The van der Waals surface area contributed by atoms with Gasteiger partial charge in [0.1, 0.15) is 18.4 Å². The minimum atomic E-state index is -0.822. The molecule has 0 radical (unpaired) electrons. The van der Waals surface area contributed by atoms with E-state index >= 15 is 0 Å². The fourth-order valence-electron chi connectivity index (χ4n) is 1.87. The number of nitrogens with one attached hydrogen (secondary N) is 1. The van der Waals surface area contributed by atoms with Gasteiger partial charge < -0.3 is 19.2 Å². The molecule has 1 aromatic carbocycles. The van der Waals surface area contributed by atoms with Gasteiger partial charge in [0.2, 0.25) is 0 Å². The van der Waals surface area contributed by atoms with Crippen molar-refractivity contribution in [3.05, 3.63) is 52.9 Å². The van der Waals surface area contributed by atoms with Crippen LogP contribution in [0.2, 0.25) is 5.02 Å². The first-order valence-corrected chi connectivity index (χ1v) is 7.22. The van der Waals surface area contributed by atoms with Crippen LogP contribution in [-0.4, -0.2) is 25.0 Å². The van der Waals surface area contributed by atoms with Crippen molar-refractivity contribution in [1.82, 2.24) is 5.32 Å². The Morgan fingerprint density at radius 2 is 2.13 bits per heavy atom. The molecule has 7 heteroatoms. The van der Waals surface area contributed by atoms with Crippen LogP contribution in [0.15, 0.2) is 41.0 Å². The van der Waals surface area contributed by atoms with Crippen LogP contribution < -0.4 is 10.1 Å². The second-order valence-corrected chi connectivity index (χ2v) is 5.17. The lowest BCUT2D eigenvalue weighted by molar-refractivity contribution is -0.146. The Hall–Kier alpha value is -2.47. The van der Waals surface area contributed by atoms with Gasteiger partial charge in [-0.25, -0.2) is 4.79 Å². The van der Waals surface area contributed by atoms with Crippen LogP contribution in [0.4, 0.5) is 0 Å². The zero-order valence-electron chi connectivity index (χ0n) is 12.7. The lowest BCUT2D eigenvalue weighted by Crippen LogP contribution is -2.39. The minimum absolute atomic E-state index is 0.0104. The molecule has 122 valence electrons. The highest BCUT2D eigenvalue weighted by Gasteiger charge is 2.20. The van der Waals surface area contributed by atoms with Gasteiger partial charge in [-0.15, -0.1) is 0 Å². The molecule has 1 N–H and O–H groups in total. The predicted molar refractivity (Wildman–Crippen MR) is 83.4 cm³/mol. The summed E-state index contributed by atoms with van der Waals surface area (Å²) in [6.45, 7) is 1.52. The van der Waals surface area contributed by atoms with Crippen molar-refractivity contribution >= 4 is 23.5 Å². The fraction of sp³-hybridized carbons (Fsp3) is 0.250. The third kappa shape index (κ3) is 4.50. The number of esters is 1. The first kappa shape index (κ1) is 16.9. The second-order valence-electron chi connectivity index (χ2n) is 4.74. The lowest BCUT2D eigenvalue weighted by atomic mass is 10.2. The van der Waals surface area contributed by atoms with Crippen molar-refractivity contribution in [2.24, 2.45) is 0 Å². The van der Waals surface area contributed by atoms with Gasteiger partial charge in [0.25, 0.3) is 5.91 Å². The molecule has 2 aromatic rings. The molecule has 0 fully saturated rings. The number of hydrogen-bond acceptors (Lipinski definition) is 5. The summed E-state index contributed by atoms with van der Waals surface area (Å²) in [6, 6.07) is 7.29. The van der Waals surface area contributed by atoms with E-state index in [9.17, 15) is 9.59 Å². The molecule has 0 spiro atoms. The molecule has 0 saturated carbocycles. The summed E-state index contributed by atoms with van der Waals surface area (Å²) in [7, 11) is 1.51. The maximum Gasteiger partial charge on any atom is 0.328 e. The summed E-state index contributed by atoms with van der Waals surface area (Å²) in [5.41, 5.74) is 0.637. The second kappa shape index (κ2) is 7.69. The smallest absolute Gasteiger partial charge is 0.328 e. The first-order chi connectivity index (χ1) is 11.0. The molecule has 0 unspecified atom stereocenters. The molecule has 0 aliphatic carbocycles. The number of furan rings is 1. The van der Waals surface area contributed by atoms with Crippen LogP contribution in [0, 0.1) is 0 Å². The Morgan fingerprint density at radius 1 is 1.35 bits per heavy atom. The normalized spacial score (nSPS) is 11.6. The molecule has 1 amide bonds. The number of carbonyl (C=O) groups excluding carboxylic acids is 2. The van der Waals surface area contributed by atoms with Crippen LogP contribution in [0.1, 0.15) is 23.0 Å². The highest BCUT2D eigenvalue weighted by atomic mass is 35.5. The fourth-order valence-corrected chi connectivity index (χ4v) is 2.06. The Balaban J connectivity index is 1.91. The number of carbonyl (C=O) groups is 2. The van der Waals surface area contributed by atoms with E-state index < -0.39 is 17.9 Å². The first-order valence-electron chi connectivity index (χ1n) is 6.84. The SMILES string of the molecule is COc1ccc(Cl)cc1COC(=O)[C@@H](C)NC(=O)c1ccco1. The van der Waals surface area contributed by atoms with E-state index in [-0.39, 0.29) is 12.4 Å². The molecule has 6 nitrogen and oxygen atoms in total. The van der Waals surface area contributed by atoms with Crippen molar-refractivity contribution in [2.45, 2.75) is 19.6 Å². The van der Waals surface area contributed by atoms with Gasteiger partial charge in [-0.2, -0.15) is 0 Å². The van der Waals surface area contributed by atoms with E-state index in [4.69, 9.17) is 25.5 Å². The monoisotopic (exact) mass is 337 g/mol. The average molecular weight is 338 g/mol. The van der Waals surface area contributed by atoms with Gasteiger partial charge >= 0.3 is 5.97 Å². The summed E-state index contributed by atoms with van der Waals surface area (Å²) in [5.74, 6) is -0.373. The van der Waals surface area contributed by atoms with Crippen molar-refractivity contribution in [2.75, 3.05) is 7.11 Å². The molecule has 23 heavy (non-hydrogen) atoms. The highest BCUT2D eigenvalue weighted by Crippen LogP contribution is 2.23. The molecular formula is C16H16ClNO5. The van der Waals surface area contributed by atoms with Gasteiger partial charge in [0, 0.05) is 10.6 Å². The van der Waals surface area contributed by atoms with E-state index in [0.29, 0.717) is 16.3 Å². The third-order valence-electron chi connectivity index (χ3n) is 3.06. The highest BCUT2D eigenvalue weighted by molar-refractivity contribution is 6.30. The van der Waals surface area contributed by atoms with E-state index in [1.54, 1.807) is 24.3 Å². The van der Waals surface area contributed by atoms with E-state index in [1.807, 2.05) is 0 Å². The summed E-state index contributed by atoms with van der Waals surface area (Å²) in [5, 5.41) is 3.00. The van der Waals surface area contributed by atoms with E-state index in [1.165, 1.54) is 26.4 Å². The Labute approximate surface area is 138 Å². The summed E-state index contributed by atoms with van der Waals surface area (Å²) in [4.78, 5) is 23.8. The standard InChI is InChI=1S/C16H16ClNO5/c1-10(18-15(19)14-4-3-7-22-14)16(20)23-9-11-8-12(17)5-6-13(11)21-2/h3-8,10H,9H2,1-2H3,(H,18,19)/t10-/m1/s1. The van der Waals surface area contributed by atoms with Crippen LogP contribution in [0.5, 0.6) is 5.75 Å². The quantitative estimate of drug-likeness (QED) is 0.820. The Kier molecular flexibility index (Phi) is 5.65. The number of rotatable bonds is 6. The molecule has 0 saturated heterocycles. The van der Waals surface area contributed by atoms with Gasteiger partial charge in [-0.05, 0) is 37.3 Å². The molecule has 2 rings (SSSR count). The van der Waals surface area contributed by atoms with Gasteiger partial charge in [0.05, 0.1) is 13.4 Å². The molecule has 1 atom stereocenters. The number of benzene rings is 1. The minimum Gasteiger partial charge on any atom is -0.496 e. The topological polar surface area (TPSA) is 77.8 Å². The Bertz CT molecular complexity index is 684. The van der Waals surface area contributed by atoms with Crippen LogP contribution in [0.3, 0.4) is 0 Å². The molecule has 1 heterocycles. The predicted octanol–water partition coefficient (Wildman–Crippen LogP) is 2.80. The molecule has 1 aromatic heterocycles. The number of amides is 1. The maximum absolute atomic E-state index is 12.0. The molecule has 0 aliphatic rings. The third-order valence-corrected chi connectivity index (χ3v) is 3.29. The van der Waals surface area contributed by atoms with Crippen molar-refractivity contribution in [3.8, 4) is 5.75 Å². The summed E-state index contributed by atoms with van der Waals surface area (Å²) >= 11 is 5.91. The number of methoxy groups -OCH3 is 1. The number of ether oxygens (including phenoxy) is 2.